The first-order valence-electron chi connectivity index (χ1n) is 5.77. The number of allylic oxidation sites excluding steroid dienone is 1. The minimum atomic E-state index is -0.477. The van der Waals surface area contributed by atoms with Gasteiger partial charge in [0.05, 0.1) is 7.11 Å². The summed E-state index contributed by atoms with van der Waals surface area (Å²) in [7, 11) is 1.49. The number of hydrogen-bond acceptors (Lipinski definition) is 3. The smallest absolute Gasteiger partial charge is 0.212 e. The molecule has 0 N–H and O–H groups in total. The fourth-order valence-electron chi connectivity index (χ4n) is 1.55. The van der Waals surface area contributed by atoms with Crippen LogP contribution in [0.3, 0.4) is 0 Å². The van der Waals surface area contributed by atoms with Gasteiger partial charge in [0.25, 0.3) is 0 Å². The molecule has 5 heteroatoms. The average Bonchev–Trinajstić information content (AvgIpc) is 2.46. The Morgan fingerprint density at radius 3 is 2.75 bits per heavy atom. The number of pyridine rings is 1. The van der Waals surface area contributed by atoms with Crippen LogP contribution in [0.25, 0.3) is 6.08 Å². The Kier molecular flexibility index (Phi) is 4.48. The molecule has 0 fully saturated rings. The lowest BCUT2D eigenvalue weighted by atomic mass is 10.1. The first-order chi connectivity index (χ1) is 9.60. The van der Waals surface area contributed by atoms with E-state index in [9.17, 15) is 9.18 Å². The molecule has 2 rings (SSSR count). The molecule has 0 spiro atoms. The van der Waals surface area contributed by atoms with Crippen LogP contribution in [-0.2, 0) is 0 Å². The van der Waals surface area contributed by atoms with E-state index >= 15 is 0 Å². The van der Waals surface area contributed by atoms with E-state index < -0.39 is 5.82 Å². The van der Waals surface area contributed by atoms with Crippen LogP contribution in [0.15, 0.2) is 42.6 Å². The van der Waals surface area contributed by atoms with Gasteiger partial charge in [-0.05, 0) is 30.4 Å². The predicted octanol–water partition coefficient (Wildman–Crippen LogP) is 3.78. The number of nitrogens with zero attached hydrogens (tertiary/aromatic N) is 1. The van der Waals surface area contributed by atoms with Crippen molar-refractivity contribution in [3.8, 4) is 5.88 Å². The van der Waals surface area contributed by atoms with E-state index in [1.165, 1.54) is 37.6 Å². The van der Waals surface area contributed by atoms with Gasteiger partial charge in [-0.1, -0.05) is 17.7 Å². The van der Waals surface area contributed by atoms with Crippen LogP contribution in [0, 0.1) is 5.82 Å². The molecular weight excluding hydrogens is 281 g/mol. The van der Waals surface area contributed by atoms with Gasteiger partial charge in [0.15, 0.2) is 5.78 Å². The van der Waals surface area contributed by atoms with Crippen LogP contribution in [0.1, 0.15) is 15.9 Å². The minimum Gasteiger partial charge on any atom is -0.481 e. The quantitative estimate of drug-likeness (QED) is 0.636. The maximum atomic E-state index is 13.5. The molecule has 1 aromatic heterocycles. The average molecular weight is 292 g/mol. The van der Waals surface area contributed by atoms with Gasteiger partial charge in [-0.3, -0.25) is 4.79 Å². The maximum absolute atomic E-state index is 13.5. The van der Waals surface area contributed by atoms with Crippen molar-refractivity contribution >= 4 is 23.5 Å². The maximum Gasteiger partial charge on any atom is 0.212 e. The molecule has 1 aromatic carbocycles. The lowest BCUT2D eigenvalue weighted by molar-refractivity contribution is 0.104. The van der Waals surface area contributed by atoms with E-state index in [0.717, 1.165) is 0 Å². The number of methoxy groups -OCH3 is 1. The molecule has 0 saturated heterocycles. The number of hydrogen-bond donors (Lipinski definition) is 0. The predicted molar refractivity (Wildman–Crippen MR) is 75.6 cm³/mol. The normalized spacial score (nSPS) is 10.8. The summed E-state index contributed by atoms with van der Waals surface area (Å²) in [5.41, 5.74) is 0.695. The fourth-order valence-corrected chi connectivity index (χ4v) is 1.70. The number of carbonyl (C=O) groups is 1. The second kappa shape index (κ2) is 6.30. The summed E-state index contributed by atoms with van der Waals surface area (Å²) in [6.45, 7) is 0. The van der Waals surface area contributed by atoms with Crippen molar-refractivity contribution in [1.82, 2.24) is 4.98 Å². The molecule has 0 atom stereocenters. The van der Waals surface area contributed by atoms with Gasteiger partial charge in [-0.15, -0.1) is 0 Å². The molecule has 0 aliphatic carbocycles. The summed E-state index contributed by atoms with van der Waals surface area (Å²) in [6, 6.07) is 7.44. The van der Waals surface area contributed by atoms with Gasteiger partial charge in [0.1, 0.15) is 5.82 Å². The Balaban J connectivity index is 2.15. The second-order valence-electron chi connectivity index (χ2n) is 3.95. The van der Waals surface area contributed by atoms with Crippen LogP contribution in [0.4, 0.5) is 4.39 Å². The van der Waals surface area contributed by atoms with Crippen molar-refractivity contribution in [3.05, 3.63) is 64.6 Å². The number of ether oxygens (including phenoxy) is 1. The molecule has 102 valence electrons. The highest BCUT2D eigenvalue weighted by molar-refractivity contribution is 6.30. The molecular formula is C15H11ClFNO2. The molecule has 2 aromatic rings. The first kappa shape index (κ1) is 14.2. The number of rotatable bonds is 4. The number of carbonyl (C=O) groups excluding carboxylic acids is 1. The Hall–Kier alpha value is -2.20. The third-order valence-corrected chi connectivity index (χ3v) is 2.84. The van der Waals surface area contributed by atoms with Gasteiger partial charge in [0.2, 0.25) is 5.88 Å². The van der Waals surface area contributed by atoms with E-state index in [2.05, 4.69) is 4.98 Å². The van der Waals surface area contributed by atoms with E-state index in [1.54, 1.807) is 18.2 Å². The lowest BCUT2D eigenvalue weighted by Crippen LogP contribution is -1.96. The second-order valence-corrected chi connectivity index (χ2v) is 4.39. The van der Waals surface area contributed by atoms with Gasteiger partial charge in [-0.2, -0.15) is 0 Å². The van der Waals surface area contributed by atoms with Crippen molar-refractivity contribution in [2.45, 2.75) is 0 Å². The molecule has 3 nitrogen and oxygen atoms in total. The third kappa shape index (κ3) is 3.42. The molecule has 0 saturated carbocycles. The molecule has 0 radical (unpaired) electrons. The highest BCUT2D eigenvalue weighted by atomic mass is 35.5. The summed E-state index contributed by atoms with van der Waals surface area (Å²) in [5.74, 6) is -0.321. The monoisotopic (exact) mass is 291 g/mol. The van der Waals surface area contributed by atoms with Crippen LogP contribution in [0.5, 0.6) is 5.88 Å². The molecule has 20 heavy (non-hydrogen) atoms. The zero-order chi connectivity index (χ0) is 14.5. The summed E-state index contributed by atoms with van der Waals surface area (Å²) in [6.07, 6.45) is 4.10. The van der Waals surface area contributed by atoms with Crippen molar-refractivity contribution in [2.75, 3.05) is 7.11 Å². The molecule has 0 aliphatic heterocycles. The highest BCUT2D eigenvalue weighted by Crippen LogP contribution is 2.16. The minimum absolute atomic E-state index is 0.269. The van der Waals surface area contributed by atoms with Gasteiger partial charge < -0.3 is 4.74 Å². The summed E-state index contributed by atoms with van der Waals surface area (Å²) >= 11 is 5.65. The molecule has 0 bridgehead atoms. The van der Waals surface area contributed by atoms with Crippen LogP contribution >= 0.6 is 11.6 Å². The first-order valence-corrected chi connectivity index (χ1v) is 6.15. The van der Waals surface area contributed by atoms with Gasteiger partial charge >= 0.3 is 0 Å². The molecule has 0 unspecified atom stereocenters. The van der Waals surface area contributed by atoms with Gasteiger partial charge in [-0.25, -0.2) is 9.37 Å². The molecule has 0 amide bonds. The summed E-state index contributed by atoms with van der Waals surface area (Å²) in [4.78, 5) is 15.8. The lowest BCUT2D eigenvalue weighted by Gasteiger charge is -1.99. The zero-order valence-corrected chi connectivity index (χ0v) is 11.4. The topological polar surface area (TPSA) is 39.2 Å². The highest BCUT2D eigenvalue weighted by Gasteiger charge is 2.04. The van der Waals surface area contributed by atoms with Crippen molar-refractivity contribution in [3.63, 3.8) is 0 Å². The summed E-state index contributed by atoms with van der Waals surface area (Å²) in [5, 5.41) is 0.310. The Morgan fingerprint density at radius 1 is 1.35 bits per heavy atom. The number of benzene rings is 1. The van der Waals surface area contributed by atoms with Crippen molar-refractivity contribution < 1.29 is 13.9 Å². The number of halogens is 2. The Labute approximate surface area is 120 Å². The van der Waals surface area contributed by atoms with Gasteiger partial charge in [0, 0.05) is 28.4 Å². The Bertz CT molecular complexity index is 653. The van der Waals surface area contributed by atoms with Crippen molar-refractivity contribution in [1.29, 1.82) is 0 Å². The molecule has 0 aliphatic rings. The SMILES string of the molecule is COc1ccc(C(=O)/C=C/c2ccc(Cl)cc2F)cn1. The standard InChI is InChI=1S/C15H11ClFNO2/c1-20-15-7-4-11(9-18-15)14(19)6-3-10-2-5-12(16)8-13(10)17/h2-9H,1H3/b6-3+. The number of ketones is 1. The Morgan fingerprint density at radius 2 is 2.15 bits per heavy atom. The van der Waals surface area contributed by atoms with Crippen molar-refractivity contribution in [2.24, 2.45) is 0 Å². The van der Waals surface area contributed by atoms with Crippen LogP contribution in [0.2, 0.25) is 5.02 Å². The van der Waals surface area contributed by atoms with E-state index in [4.69, 9.17) is 16.3 Å². The fraction of sp³-hybridized carbons (Fsp3) is 0.0667. The van der Waals surface area contributed by atoms with Crippen LogP contribution in [-0.4, -0.2) is 17.9 Å². The van der Waals surface area contributed by atoms with E-state index in [1.807, 2.05) is 0 Å². The largest absolute Gasteiger partial charge is 0.481 e. The third-order valence-electron chi connectivity index (χ3n) is 2.61. The van der Waals surface area contributed by atoms with Crippen LogP contribution < -0.4 is 4.74 Å². The molecule has 1 heterocycles. The van der Waals surface area contributed by atoms with E-state index in [-0.39, 0.29) is 5.78 Å². The summed E-state index contributed by atoms with van der Waals surface area (Å²) < 4.78 is 18.4. The zero-order valence-electron chi connectivity index (χ0n) is 10.6. The van der Waals surface area contributed by atoms with E-state index in [0.29, 0.717) is 22.0 Å². The number of aromatic nitrogens is 1.